The monoisotopic (exact) mass is 215 g/mol. The molecule has 0 radical (unpaired) electrons. The van der Waals surface area contributed by atoms with Gasteiger partial charge >= 0.3 is 0 Å². The zero-order valence-corrected chi connectivity index (χ0v) is 8.93. The van der Waals surface area contributed by atoms with E-state index in [0.29, 0.717) is 11.0 Å². The summed E-state index contributed by atoms with van der Waals surface area (Å²) in [5.41, 5.74) is 1.60. The summed E-state index contributed by atoms with van der Waals surface area (Å²) in [5, 5.41) is 0.558. The molecule has 1 heterocycles. The molecule has 6 heteroatoms. The molecular formula is C8H13N3O2S. The Morgan fingerprint density at radius 2 is 2.50 bits per heavy atom. The first-order valence-corrected chi connectivity index (χ1v) is 5.08. The highest BCUT2D eigenvalue weighted by molar-refractivity contribution is 7.99. The van der Waals surface area contributed by atoms with E-state index in [1.165, 1.54) is 18.0 Å². The van der Waals surface area contributed by atoms with E-state index < -0.39 is 5.41 Å². The lowest BCUT2D eigenvalue weighted by Gasteiger charge is -2.20. The Bertz CT molecular complexity index is 298. The molecule has 1 amide bonds. The number of carbonyl (C=O) groups is 1. The minimum absolute atomic E-state index is 0.198. The minimum Gasteiger partial charge on any atom is -0.440 e. The van der Waals surface area contributed by atoms with Crippen molar-refractivity contribution >= 4 is 17.7 Å². The van der Waals surface area contributed by atoms with E-state index >= 15 is 0 Å². The fourth-order valence-electron chi connectivity index (χ4n) is 0.785. The van der Waals surface area contributed by atoms with Gasteiger partial charge in [-0.15, -0.1) is 0 Å². The molecule has 0 saturated carbocycles. The van der Waals surface area contributed by atoms with Crippen LogP contribution in [0.25, 0.3) is 0 Å². The smallest absolute Gasteiger partial charge is 0.255 e. The number of oxazole rings is 1. The SMILES string of the molecule is CC(C)(CSc1ncco1)C(=O)NN. The largest absolute Gasteiger partial charge is 0.440 e. The molecule has 0 atom stereocenters. The number of hydrogen-bond donors (Lipinski definition) is 2. The van der Waals surface area contributed by atoms with Crippen LogP contribution in [0.5, 0.6) is 0 Å². The molecule has 1 rings (SSSR count). The highest BCUT2D eigenvalue weighted by atomic mass is 32.2. The molecule has 0 saturated heterocycles. The van der Waals surface area contributed by atoms with Crippen molar-refractivity contribution in [3.8, 4) is 0 Å². The average molecular weight is 215 g/mol. The van der Waals surface area contributed by atoms with Crippen LogP contribution in [0.2, 0.25) is 0 Å². The third-order valence-electron chi connectivity index (χ3n) is 1.71. The normalized spacial score (nSPS) is 11.4. The molecule has 0 aliphatic carbocycles. The molecule has 0 aliphatic rings. The second-order valence-corrected chi connectivity index (χ2v) is 4.37. The lowest BCUT2D eigenvalue weighted by atomic mass is 9.96. The van der Waals surface area contributed by atoms with Gasteiger partial charge in [-0.25, -0.2) is 10.8 Å². The van der Waals surface area contributed by atoms with Gasteiger partial charge in [-0.05, 0) is 0 Å². The lowest BCUT2D eigenvalue weighted by molar-refractivity contribution is -0.128. The molecule has 0 aromatic carbocycles. The van der Waals surface area contributed by atoms with E-state index in [1.54, 1.807) is 6.20 Å². The minimum atomic E-state index is -0.534. The molecule has 0 unspecified atom stereocenters. The fraction of sp³-hybridized carbons (Fsp3) is 0.500. The quantitative estimate of drug-likeness (QED) is 0.336. The second-order valence-electron chi connectivity index (χ2n) is 3.44. The molecule has 5 nitrogen and oxygen atoms in total. The van der Waals surface area contributed by atoms with E-state index in [1.807, 2.05) is 13.8 Å². The lowest BCUT2D eigenvalue weighted by Crippen LogP contribution is -2.42. The van der Waals surface area contributed by atoms with Crippen LogP contribution in [0.3, 0.4) is 0 Å². The van der Waals surface area contributed by atoms with Gasteiger partial charge in [0.1, 0.15) is 6.26 Å². The maximum Gasteiger partial charge on any atom is 0.255 e. The van der Waals surface area contributed by atoms with Crippen molar-refractivity contribution in [1.29, 1.82) is 0 Å². The summed E-state index contributed by atoms with van der Waals surface area (Å²) in [6.45, 7) is 3.62. The van der Waals surface area contributed by atoms with Crippen molar-refractivity contribution in [3.05, 3.63) is 12.5 Å². The van der Waals surface area contributed by atoms with Crippen molar-refractivity contribution in [3.63, 3.8) is 0 Å². The first-order valence-electron chi connectivity index (χ1n) is 4.09. The van der Waals surface area contributed by atoms with E-state index in [9.17, 15) is 4.79 Å². The van der Waals surface area contributed by atoms with Gasteiger partial charge in [0.15, 0.2) is 0 Å². The second kappa shape index (κ2) is 4.47. The van der Waals surface area contributed by atoms with Gasteiger partial charge in [-0.1, -0.05) is 25.6 Å². The maximum absolute atomic E-state index is 11.3. The zero-order valence-electron chi connectivity index (χ0n) is 8.11. The zero-order chi connectivity index (χ0) is 10.6. The number of thioether (sulfide) groups is 1. The van der Waals surface area contributed by atoms with Gasteiger partial charge in [0.25, 0.3) is 5.22 Å². The molecule has 1 aromatic rings. The first kappa shape index (κ1) is 11.1. The topological polar surface area (TPSA) is 81.2 Å². The van der Waals surface area contributed by atoms with Crippen LogP contribution in [0.4, 0.5) is 0 Å². The molecule has 0 aliphatic heterocycles. The highest BCUT2D eigenvalue weighted by Crippen LogP contribution is 2.26. The molecule has 14 heavy (non-hydrogen) atoms. The number of nitrogens with one attached hydrogen (secondary N) is 1. The van der Waals surface area contributed by atoms with Gasteiger partial charge in [0.2, 0.25) is 5.91 Å². The van der Waals surface area contributed by atoms with Crippen molar-refractivity contribution in [2.24, 2.45) is 11.3 Å². The molecule has 0 bridgehead atoms. The van der Waals surface area contributed by atoms with Crippen LogP contribution >= 0.6 is 11.8 Å². The number of hydrogen-bond acceptors (Lipinski definition) is 5. The van der Waals surface area contributed by atoms with Gasteiger partial charge in [-0.2, -0.15) is 0 Å². The number of rotatable bonds is 4. The Balaban J connectivity index is 2.48. The highest BCUT2D eigenvalue weighted by Gasteiger charge is 2.27. The number of carbonyl (C=O) groups excluding carboxylic acids is 1. The molecular weight excluding hydrogens is 202 g/mol. The molecule has 1 aromatic heterocycles. The summed E-state index contributed by atoms with van der Waals surface area (Å²) >= 11 is 1.38. The number of hydrazine groups is 1. The van der Waals surface area contributed by atoms with Gasteiger partial charge in [0.05, 0.1) is 11.6 Å². The van der Waals surface area contributed by atoms with Gasteiger partial charge in [0, 0.05) is 5.75 Å². The number of amides is 1. The van der Waals surface area contributed by atoms with Crippen LogP contribution in [-0.4, -0.2) is 16.6 Å². The Kier molecular flexibility index (Phi) is 3.54. The average Bonchev–Trinajstić information content (AvgIpc) is 2.66. The standard InChI is InChI=1S/C8H13N3O2S/c1-8(2,6(12)11-9)5-14-7-10-3-4-13-7/h3-4H,5,9H2,1-2H3,(H,11,12). The van der Waals surface area contributed by atoms with E-state index in [0.717, 1.165) is 0 Å². The third kappa shape index (κ3) is 2.74. The number of nitrogens with two attached hydrogens (primary N) is 1. The van der Waals surface area contributed by atoms with E-state index in [2.05, 4.69) is 10.4 Å². The number of nitrogens with zero attached hydrogens (tertiary/aromatic N) is 1. The maximum atomic E-state index is 11.3. The van der Waals surface area contributed by atoms with Crippen molar-refractivity contribution in [1.82, 2.24) is 10.4 Å². The Morgan fingerprint density at radius 1 is 1.79 bits per heavy atom. The Hall–Kier alpha value is -1.01. The van der Waals surface area contributed by atoms with Crippen molar-refractivity contribution in [2.75, 3.05) is 5.75 Å². The Labute approximate surface area is 86.4 Å². The third-order valence-corrected chi connectivity index (χ3v) is 3.03. The van der Waals surface area contributed by atoms with E-state index in [4.69, 9.17) is 10.3 Å². The summed E-state index contributed by atoms with van der Waals surface area (Å²) < 4.78 is 5.03. The summed E-state index contributed by atoms with van der Waals surface area (Å²) in [4.78, 5) is 15.2. The fourth-order valence-corrected chi connectivity index (χ4v) is 1.66. The van der Waals surface area contributed by atoms with Crippen LogP contribution in [0.15, 0.2) is 22.1 Å². The summed E-state index contributed by atoms with van der Waals surface area (Å²) in [5.74, 6) is 5.43. The summed E-state index contributed by atoms with van der Waals surface area (Å²) in [6, 6.07) is 0. The summed E-state index contributed by atoms with van der Waals surface area (Å²) in [7, 11) is 0. The van der Waals surface area contributed by atoms with Crippen LogP contribution < -0.4 is 11.3 Å². The van der Waals surface area contributed by atoms with Crippen LogP contribution in [-0.2, 0) is 4.79 Å². The van der Waals surface area contributed by atoms with Crippen LogP contribution in [0.1, 0.15) is 13.8 Å². The predicted octanol–water partition coefficient (Wildman–Crippen LogP) is 0.783. The Morgan fingerprint density at radius 3 is 3.00 bits per heavy atom. The van der Waals surface area contributed by atoms with Gasteiger partial charge in [-0.3, -0.25) is 10.2 Å². The molecule has 0 fully saturated rings. The first-order chi connectivity index (χ1) is 6.56. The molecule has 0 spiro atoms. The van der Waals surface area contributed by atoms with Crippen LogP contribution in [0, 0.1) is 5.41 Å². The van der Waals surface area contributed by atoms with Crippen molar-refractivity contribution < 1.29 is 9.21 Å². The molecule has 3 N–H and O–H groups in total. The van der Waals surface area contributed by atoms with Crippen molar-refractivity contribution in [2.45, 2.75) is 19.1 Å². The summed E-state index contributed by atoms with van der Waals surface area (Å²) in [6.07, 6.45) is 3.07. The number of aromatic nitrogens is 1. The van der Waals surface area contributed by atoms with E-state index in [-0.39, 0.29) is 5.91 Å². The van der Waals surface area contributed by atoms with Gasteiger partial charge < -0.3 is 4.42 Å². The predicted molar refractivity (Wildman–Crippen MR) is 53.3 cm³/mol. The molecule has 78 valence electrons.